The van der Waals surface area contributed by atoms with Crippen molar-refractivity contribution in [3.05, 3.63) is 39.4 Å². The van der Waals surface area contributed by atoms with Gasteiger partial charge in [0, 0.05) is 37.1 Å². The number of carbonyl (C=O) groups is 1. The molecule has 1 aliphatic carbocycles. The van der Waals surface area contributed by atoms with E-state index in [2.05, 4.69) is 15.6 Å². The smallest absolute Gasteiger partial charge is 0.223 e. The summed E-state index contributed by atoms with van der Waals surface area (Å²) in [5.74, 6) is -0.133. The monoisotopic (exact) mass is 433 g/mol. The van der Waals surface area contributed by atoms with Crippen LogP contribution in [-0.4, -0.2) is 45.4 Å². The molecule has 0 bridgehead atoms. The Bertz CT molecular complexity index is 1020. The first-order valence-corrected chi connectivity index (χ1v) is 10.7. The third-order valence-electron chi connectivity index (χ3n) is 6.76. The highest BCUT2D eigenvalue weighted by atomic mass is 35.5. The quantitative estimate of drug-likeness (QED) is 0.784. The van der Waals surface area contributed by atoms with Crippen LogP contribution in [0.25, 0.3) is 0 Å². The van der Waals surface area contributed by atoms with Gasteiger partial charge in [-0.25, -0.2) is 4.39 Å². The third-order valence-corrected chi connectivity index (χ3v) is 7.10. The van der Waals surface area contributed by atoms with Crippen LogP contribution in [-0.2, 0) is 24.9 Å². The van der Waals surface area contributed by atoms with Gasteiger partial charge in [-0.05, 0) is 49.8 Å². The molecule has 3 aliphatic rings. The van der Waals surface area contributed by atoms with Crippen molar-refractivity contribution in [3.8, 4) is 5.75 Å². The van der Waals surface area contributed by atoms with Gasteiger partial charge in [0.15, 0.2) is 11.6 Å². The molecule has 2 aromatic rings. The number of rotatable bonds is 5. The predicted octanol–water partition coefficient (Wildman–Crippen LogP) is 2.69. The molecule has 5 rings (SSSR count). The Labute approximate surface area is 179 Å². The Kier molecular flexibility index (Phi) is 4.74. The molecule has 1 amide bonds. The number of nitrogens with zero attached hydrogens (tertiary/aromatic N) is 4. The number of carbonyl (C=O) groups excluding carboxylic acids is 1. The standard InChI is InChI=1S/C21H25ClFN5O2/c1-12-17(25-26-27(12)2)10-30-20-15(23)7-14(22)13-3-6-24-16(19(13)20)9-28-11-21(4-5-21)8-18(28)29/h7,16,24H,3-6,8-11H2,1-2H3. The molecule has 9 heteroatoms. The van der Waals surface area contributed by atoms with Crippen LogP contribution in [0.3, 0.4) is 0 Å². The number of ether oxygens (including phenoxy) is 1. The fourth-order valence-electron chi connectivity index (χ4n) is 4.66. The molecule has 1 saturated carbocycles. The van der Waals surface area contributed by atoms with Gasteiger partial charge in [-0.2, -0.15) is 0 Å². The maximum absolute atomic E-state index is 15.0. The Hall–Kier alpha value is -2.19. The Morgan fingerprint density at radius 3 is 2.90 bits per heavy atom. The molecule has 30 heavy (non-hydrogen) atoms. The molecule has 3 heterocycles. The molecule has 1 saturated heterocycles. The SMILES string of the molecule is Cc1c(COc2c(F)cc(Cl)c3c2C(CN2CC4(CC4)CC2=O)NCC3)nnn1C. The summed E-state index contributed by atoms with van der Waals surface area (Å²) in [7, 11) is 1.80. The lowest BCUT2D eigenvalue weighted by atomic mass is 9.92. The van der Waals surface area contributed by atoms with Crippen molar-refractivity contribution in [3.63, 3.8) is 0 Å². The van der Waals surface area contributed by atoms with Crippen LogP contribution in [0.5, 0.6) is 5.75 Å². The zero-order chi connectivity index (χ0) is 21.0. The lowest BCUT2D eigenvalue weighted by molar-refractivity contribution is -0.128. The largest absolute Gasteiger partial charge is 0.484 e. The second-order valence-electron chi connectivity index (χ2n) is 8.80. The minimum atomic E-state index is -0.500. The number of nitrogens with one attached hydrogen (secondary N) is 1. The van der Waals surface area contributed by atoms with Crippen molar-refractivity contribution in [2.24, 2.45) is 12.5 Å². The molecular formula is C21H25ClFN5O2. The topological polar surface area (TPSA) is 72.3 Å². The van der Waals surface area contributed by atoms with Gasteiger partial charge in [-0.1, -0.05) is 16.8 Å². The summed E-state index contributed by atoms with van der Waals surface area (Å²) in [5.41, 5.74) is 3.33. The first kappa shape index (κ1) is 19.8. The van der Waals surface area contributed by atoms with Crippen molar-refractivity contribution in [2.75, 3.05) is 19.6 Å². The number of hydrogen-bond acceptors (Lipinski definition) is 5. The van der Waals surface area contributed by atoms with Crippen molar-refractivity contribution < 1.29 is 13.9 Å². The zero-order valence-electron chi connectivity index (χ0n) is 17.2. The minimum absolute atomic E-state index is 0.114. The molecule has 160 valence electrons. The number of likely N-dealkylation sites (tertiary alicyclic amines) is 1. The maximum atomic E-state index is 15.0. The van der Waals surface area contributed by atoms with Gasteiger partial charge >= 0.3 is 0 Å². The molecule has 0 radical (unpaired) electrons. The molecule has 1 spiro atoms. The van der Waals surface area contributed by atoms with Crippen LogP contribution < -0.4 is 10.1 Å². The van der Waals surface area contributed by atoms with Gasteiger partial charge in [0.2, 0.25) is 5.91 Å². The molecule has 1 unspecified atom stereocenters. The highest BCUT2D eigenvalue weighted by molar-refractivity contribution is 6.31. The lowest BCUT2D eigenvalue weighted by Gasteiger charge is -2.32. The minimum Gasteiger partial charge on any atom is -0.484 e. The molecule has 1 atom stereocenters. The Balaban J connectivity index is 1.44. The molecule has 1 aromatic carbocycles. The number of fused-ring (bicyclic) bond motifs is 1. The number of halogens is 2. The number of aromatic nitrogens is 3. The third kappa shape index (κ3) is 3.36. The van der Waals surface area contributed by atoms with E-state index < -0.39 is 5.82 Å². The van der Waals surface area contributed by atoms with Crippen molar-refractivity contribution in [1.29, 1.82) is 0 Å². The fraction of sp³-hybridized carbons (Fsp3) is 0.571. The molecule has 2 fully saturated rings. The van der Waals surface area contributed by atoms with Gasteiger partial charge in [-0.15, -0.1) is 5.10 Å². The fourth-order valence-corrected chi connectivity index (χ4v) is 4.95. The van der Waals surface area contributed by atoms with E-state index in [1.54, 1.807) is 11.7 Å². The van der Waals surface area contributed by atoms with E-state index in [-0.39, 0.29) is 29.7 Å². The summed E-state index contributed by atoms with van der Waals surface area (Å²) < 4.78 is 22.6. The van der Waals surface area contributed by atoms with Gasteiger partial charge in [-0.3, -0.25) is 9.48 Å². The average Bonchev–Trinajstić information content (AvgIpc) is 3.29. The maximum Gasteiger partial charge on any atom is 0.223 e. The van der Waals surface area contributed by atoms with Crippen molar-refractivity contribution in [2.45, 2.75) is 45.3 Å². The first-order chi connectivity index (χ1) is 14.4. The highest BCUT2D eigenvalue weighted by Crippen LogP contribution is 2.53. The second kappa shape index (κ2) is 7.20. The predicted molar refractivity (Wildman–Crippen MR) is 109 cm³/mol. The number of benzene rings is 1. The summed E-state index contributed by atoms with van der Waals surface area (Å²) in [6, 6.07) is 1.10. The van der Waals surface area contributed by atoms with E-state index in [1.165, 1.54) is 6.07 Å². The number of amides is 1. The van der Waals surface area contributed by atoms with Crippen LogP contribution in [0.4, 0.5) is 4.39 Å². The summed E-state index contributed by atoms with van der Waals surface area (Å²) in [6.45, 7) is 4.01. The van der Waals surface area contributed by atoms with Crippen molar-refractivity contribution >= 4 is 17.5 Å². The van der Waals surface area contributed by atoms with E-state index in [0.717, 1.165) is 42.8 Å². The second-order valence-corrected chi connectivity index (χ2v) is 9.21. The van der Waals surface area contributed by atoms with Gasteiger partial charge < -0.3 is 15.0 Å². The lowest BCUT2D eigenvalue weighted by Crippen LogP contribution is -2.40. The zero-order valence-corrected chi connectivity index (χ0v) is 17.9. The van der Waals surface area contributed by atoms with Crippen LogP contribution in [0.15, 0.2) is 6.07 Å². The van der Waals surface area contributed by atoms with E-state index in [9.17, 15) is 9.18 Å². The van der Waals surface area contributed by atoms with E-state index >= 15 is 0 Å². The molecular weight excluding hydrogens is 409 g/mol. The first-order valence-electron chi connectivity index (χ1n) is 10.4. The molecule has 2 aliphatic heterocycles. The summed E-state index contributed by atoms with van der Waals surface area (Å²) in [5, 5.41) is 11.9. The summed E-state index contributed by atoms with van der Waals surface area (Å²) >= 11 is 6.40. The van der Waals surface area contributed by atoms with E-state index in [4.69, 9.17) is 16.3 Å². The number of aryl methyl sites for hydroxylation is 1. The van der Waals surface area contributed by atoms with Crippen LogP contribution in [0.2, 0.25) is 5.02 Å². The van der Waals surface area contributed by atoms with Crippen molar-refractivity contribution in [1.82, 2.24) is 25.2 Å². The molecule has 1 N–H and O–H groups in total. The highest BCUT2D eigenvalue weighted by Gasteiger charge is 2.52. The summed E-state index contributed by atoms with van der Waals surface area (Å²) in [6.07, 6.45) is 3.56. The Morgan fingerprint density at radius 1 is 1.43 bits per heavy atom. The van der Waals surface area contributed by atoms with Gasteiger partial charge in [0.1, 0.15) is 12.3 Å². The molecule has 1 aromatic heterocycles. The average molecular weight is 434 g/mol. The Morgan fingerprint density at radius 2 is 2.23 bits per heavy atom. The molecule has 7 nitrogen and oxygen atoms in total. The van der Waals surface area contributed by atoms with Crippen LogP contribution in [0.1, 0.15) is 47.8 Å². The van der Waals surface area contributed by atoms with Crippen LogP contribution >= 0.6 is 11.6 Å². The summed E-state index contributed by atoms with van der Waals surface area (Å²) in [4.78, 5) is 14.4. The van der Waals surface area contributed by atoms with E-state index in [0.29, 0.717) is 30.1 Å². The van der Waals surface area contributed by atoms with Gasteiger partial charge in [0.25, 0.3) is 0 Å². The number of hydrogen-bond donors (Lipinski definition) is 1. The van der Waals surface area contributed by atoms with Gasteiger partial charge in [0.05, 0.1) is 11.7 Å². The van der Waals surface area contributed by atoms with E-state index in [1.807, 2.05) is 11.8 Å². The normalized spacial score (nSPS) is 21.9. The van der Waals surface area contributed by atoms with Crippen LogP contribution in [0, 0.1) is 18.2 Å².